The van der Waals surface area contributed by atoms with Gasteiger partial charge in [0.25, 0.3) is 5.91 Å². The molecular formula is C24H38N4O6. The van der Waals surface area contributed by atoms with E-state index >= 15 is 0 Å². The number of benzene rings is 1. The van der Waals surface area contributed by atoms with E-state index in [4.69, 9.17) is 5.11 Å². The fourth-order valence-electron chi connectivity index (χ4n) is 3.69. The number of carboxylic acid groups (broad SMARTS) is 1. The third kappa shape index (κ3) is 8.75. The molecule has 10 heteroatoms. The molecule has 0 heterocycles. The number of carboxylic acids is 1. The predicted molar refractivity (Wildman–Crippen MR) is 127 cm³/mol. The number of hydroxylamine groups is 1. The van der Waals surface area contributed by atoms with Crippen LogP contribution in [0.3, 0.4) is 0 Å². The van der Waals surface area contributed by atoms with Crippen LogP contribution >= 0.6 is 0 Å². The van der Waals surface area contributed by atoms with Gasteiger partial charge in [-0.05, 0) is 48.4 Å². The van der Waals surface area contributed by atoms with Crippen molar-refractivity contribution in [3.8, 4) is 0 Å². The van der Waals surface area contributed by atoms with Crippen molar-refractivity contribution in [2.24, 2.45) is 17.3 Å². The van der Waals surface area contributed by atoms with Gasteiger partial charge in [0, 0.05) is 7.05 Å². The Balaban J connectivity index is 3.10. The maximum absolute atomic E-state index is 13.3. The van der Waals surface area contributed by atoms with E-state index in [1.807, 2.05) is 34.6 Å². The van der Waals surface area contributed by atoms with E-state index in [9.17, 15) is 24.4 Å². The average Bonchev–Trinajstić information content (AvgIpc) is 2.77. The molecule has 0 fully saturated rings. The van der Waals surface area contributed by atoms with Crippen molar-refractivity contribution in [1.82, 2.24) is 21.4 Å². The predicted octanol–water partition coefficient (Wildman–Crippen LogP) is 1.33. The molecule has 10 nitrogen and oxygen atoms in total. The summed E-state index contributed by atoms with van der Waals surface area (Å²) in [6.07, 6.45) is 0.727. The van der Waals surface area contributed by atoms with Crippen LogP contribution in [0.2, 0.25) is 0 Å². The molecular weight excluding hydrogens is 440 g/mol. The highest BCUT2D eigenvalue weighted by molar-refractivity contribution is 5.93. The van der Waals surface area contributed by atoms with E-state index in [-0.39, 0.29) is 23.9 Å². The summed E-state index contributed by atoms with van der Waals surface area (Å²) in [4.78, 5) is 49.4. The lowest BCUT2D eigenvalue weighted by molar-refractivity contribution is -0.139. The smallest absolute Gasteiger partial charge is 0.335 e. The third-order valence-corrected chi connectivity index (χ3v) is 5.47. The van der Waals surface area contributed by atoms with Gasteiger partial charge in [-0.15, -0.1) is 0 Å². The summed E-state index contributed by atoms with van der Waals surface area (Å²) >= 11 is 0. The Morgan fingerprint density at radius 3 is 2.18 bits per heavy atom. The quantitative estimate of drug-likeness (QED) is 0.195. The van der Waals surface area contributed by atoms with Gasteiger partial charge in [0.05, 0.1) is 11.5 Å². The molecule has 0 aromatic heterocycles. The minimum atomic E-state index is -1.07. The van der Waals surface area contributed by atoms with E-state index in [0.717, 1.165) is 5.56 Å². The fraction of sp³-hybridized carbons (Fsp3) is 0.583. The van der Waals surface area contributed by atoms with Crippen molar-refractivity contribution in [2.45, 2.75) is 59.5 Å². The second-order valence-corrected chi connectivity index (χ2v) is 9.82. The molecule has 0 spiro atoms. The first-order chi connectivity index (χ1) is 15.8. The first-order valence-electron chi connectivity index (χ1n) is 11.3. The monoisotopic (exact) mass is 478 g/mol. The SMILES string of the molecule is CNC(=O)[C@@H](NC(=O)[C@H](CC(C)C)[C@H](NCCc1cccc(C(=O)O)c1)C(=O)NO)C(C)(C)C. The Morgan fingerprint density at radius 2 is 1.68 bits per heavy atom. The van der Waals surface area contributed by atoms with Crippen LogP contribution in [0.5, 0.6) is 0 Å². The molecule has 0 radical (unpaired) electrons. The van der Waals surface area contributed by atoms with Gasteiger partial charge in [0.15, 0.2) is 0 Å². The van der Waals surface area contributed by atoms with Crippen LogP contribution in [0.15, 0.2) is 24.3 Å². The molecule has 6 N–H and O–H groups in total. The van der Waals surface area contributed by atoms with E-state index in [2.05, 4.69) is 16.0 Å². The molecule has 1 aromatic rings. The molecule has 0 bridgehead atoms. The van der Waals surface area contributed by atoms with Crippen LogP contribution in [0.25, 0.3) is 0 Å². The highest BCUT2D eigenvalue weighted by Crippen LogP contribution is 2.22. The van der Waals surface area contributed by atoms with E-state index in [1.54, 1.807) is 23.7 Å². The standard InChI is InChI=1S/C24H38N4O6/c1-14(2)12-17(20(29)27-19(22(31)25-6)24(3,4)5)18(21(30)28-34)26-11-10-15-8-7-9-16(13-15)23(32)33/h7-9,13-14,17-19,26,34H,10-12H2,1-6H3,(H,25,31)(H,27,29)(H,28,30)(H,32,33)/t17-,18+,19-/m1/s1. The highest BCUT2D eigenvalue weighted by Gasteiger charge is 2.38. The van der Waals surface area contributed by atoms with Crippen LogP contribution in [-0.2, 0) is 20.8 Å². The number of likely N-dealkylation sites (N-methyl/N-ethyl adjacent to an activating group) is 1. The Hall–Kier alpha value is -2.98. The summed E-state index contributed by atoms with van der Waals surface area (Å²) in [6.45, 7) is 9.54. The third-order valence-electron chi connectivity index (χ3n) is 5.47. The van der Waals surface area contributed by atoms with Crippen molar-refractivity contribution in [1.29, 1.82) is 0 Å². The molecule has 0 saturated carbocycles. The van der Waals surface area contributed by atoms with Gasteiger partial charge in [-0.1, -0.05) is 46.8 Å². The zero-order valence-corrected chi connectivity index (χ0v) is 20.8. The van der Waals surface area contributed by atoms with Crippen molar-refractivity contribution in [3.05, 3.63) is 35.4 Å². The fourth-order valence-corrected chi connectivity index (χ4v) is 3.69. The molecule has 3 atom stereocenters. The Kier molecular flexibility index (Phi) is 11.1. The number of rotatable bonds is 12. The van der Waals surface area contributed by atoms with Crippen LogP contribution < -0.4 is 21.4 Å². The topological polar surface area (TPSA) is 157 Å². The number of carbonyl (C=O) groups is 4. The first-order valence-corrected chi connectivity index (χ1v) is 11.3. The van der Waals surface area contributed by atoms with Gasteiger partial charge in [-0.2, -0.15) is 0 Å². The second-order valence-electron chi connectivity index (χ2n) is 9.82. The van der Waals surface area contributed by atoms with Gasteiger partial charge in [-0.25, -0.2) is 10.3 Å². The lowest BCUT2D eigenvalue weighted by Gasteiger charge is -2.33. The van der Waals surface area contributed by atoms with E-state index in [1.165, 1.54) is 13.1 Å². The minimum Gasteiger partial charge on any atom is -0.478 e. The maximum Gasteiger partial charge on any atom is 0.335 e. The second kappa shape index (κ2) is 13.0. The van der Waals surface area contributed by atoms with Crippen LogP contribution in [-0.4, -0.2) is 59.7 Å². The highest BCUT2D eigenvalue weighted by atomic mass is 16.5. The molecule has 34 heavy (non-hydrogen) atoms. The largest absolute Gasteiger partial charge is 0.478 e. The number of nitrogens with one attached hydrogen (secondary N) is 4. The summed E-state index contributed by atoms with van der Waals surface area (Å²) in [5, 5.41) is 26.8. The number of aromatic carboxylic acids is 1. The van der Waals surface area contributed by atoms with E-state index < -0.39 is 41.2 Å². The summed E-state index contributed by atoms with van der Waals surface area (Å²) in [7, 11) is 1.49. The van der Waals surface area contributed by atoms with Crippen molar-refractivity contribution in [2.75, 3.05) is 13.6 Å². The van der Waals surface area contributed by atoms with Crippen molar-refractivity contribution >= 4 is 23.7 Å². The van der Waals surface area contributed by atoms with Crippen molar-refractivity contribution in [3.63, 3.8) is 0 Å². The molecule has 1 aromatic carbocycles. The van der Waals surface area contributed by atoms with Gasteiger partial charge in [-0.3, -0.25) is 19.6 Å². The number of carbonyl (C=O) groups excluding carboxylic acids is 3. The zero-order valence-electron chi connectivity index (χ0n) is 20.8. The average molecular weight is 479 g/mol. The first kappa shape index (κ1) is 29.1. The van der Waals surface area contributed by atoms with Gasteiger partial charge in [0.2, 0.25) is 11.8 Å². The Labute approximate surface area is 200 Å². The van der Waals surface area contributed by atoms with Crippen LogP contribution in [0.1, 0.15) is 57.0 Å². The maximum atomic E-state index is 13.3. The Bertz CT molecular complexity index is 865. The number of hydrogen-bond acceptors (Lipinski definition) is 6. The van der Waals surface area contributed by atoms with E-state index in [0.29, 0.717) is 12.8 Å². The molecule has 190 valence electrons. The zero-order chi connectivity index (χ0) is 26.1. The van der Waals surface area contributed by atoms with Crippen LogP contribution in [0, 0.1) is 17.3 Å². The van der Waals surface area contributed by atoms with Gasteiger partial charge < -0.3 is 21.1 Å². The number of amides is 3. The van der Waals surface area contributed by atoms with Crippen molar-refractivity contribution < 1.29 is 29.5 Å². The summed E-state index contributed by atoms with van der Waals surface area (Å²) < 4.78 is 0. The molecule has 0 aliphatic heterocycles. The molecule has 0 aliphatic carbocycles. The van der Waals surface area contributed by atoms with Crippen LogP contribution in [0.4, 0.5) is 0 Å². The lowest BCUT2D eigenvalue weighted by Crippen LogP contribution is -2.58. The molecule has 0 unspecified atom stereocenters. The summed E-state index contributed by atoms with van der Waals surface area (Å²) in [5.74, 6) is -3.46. The van der Waals surface area contributed by atoms with Gasteiger partial charge >= 0.3 is 5.97 Å². The molecule has 0 aliphatic rings. The molecule has 3 amide bonds. The molecule has 0 saturated heterocycles. The summed E-state index contributed by atoms with van der Waals surface area (Å²) in [5.41, 5.74) is 1.95. The summed E-state index contributed by atoms with van der Waals surface area (Å²) in [6, 6.07) is 4.54. The number of hydrogen-bond donors (Lipinski definition) is 6. The Morgan fingerprint density at radius 1 is 1.03 bits per heavy atom. The lowest BCUT2D eigenvalue weighted by atomic mass is 9.84. The molecule has 1 rings (SSSR count). The minimum absolute atomic E-state index is 0.0480. The van der Waals surface area contributed by atoms with Gasteiger partial charge in [0.1, 0.15) is 12.1 Å². The normalized spacial score (nSPS) is 14.1.